The van der Waals surface area contributed by atoms with Crippen LogP contribution in [0.1, 0.15) is 11.5 Å². The Bertz CT molecular complexity index is 1040. The van der Waals surface area contributed by atoms with Crippen LogP contribution in [-0.4, -0.2) is 15.3 Å². The van der Waals surface area contributed by atoms with Gasteiger partial charge in [0, 0.05) is 17.5 Å². The highest BCUT2D eigenvalue weighted by Crippen LogP contribution is 2.24. The van der Waals surface area contributed by atoms with Crippen molar-refractivity contribution in [3.63, 3.8) is 0 Å². The maximum atomic E-state index is 13.9. The lowest BCUT2D eigenvalue weighted by atomic mass is 10.0. The molecule has 0 aliphatic rings. The van der Waals surface area contributed by atoms with Crippen molar-refractivity contribution in [2.24, 2.45) is 0 Å². The molecule has 134 valence electrons. The van der Waals surface area contributed by atoms with Gasteiger partial charge in [-0.1, -0.05) is 42.5 Å². The van der Waals surface area contributed by atoms with Crippen molar-refractivity contribution in [3.05, 3.63) is 90.1 Å². The van der Waals surface area contributed by atoms with Crippen LogP contribution >= 0.6 is 0 Å². The average Bonchev–Trinajstić information content (AvgIpc) is 3.17. The minimum absolute atomic E-state index is 0.192. The molecule has 0 saturated heterocycles. The van der Waals surface area contributed by atoms with E-state index >= 15 is 0 Å². The normalized spacial score (nSPS) is 10.9. The molecule has 0 fully saturated rings. The zero-order valence-electron chi connectivity index (χ0n) is 14.5. The fourth-order valence-electron chi connectivity index (χ4n) is 2.87. The second kappa shape index (κ2) is 7.41. The van der Waals surface area contributed by atoms with Gasteiger partial charge in [-0.3, -0.25) is 0 Å². The van der Waals surface area contributed by atoms with E-state index in [0.29, 0.717) is 23.8 Å². The van der Waals surface area contributed by atoms with Gasteiger partial charge < -0.3 is 9.52 Å². The number of rotatable bonds is 5. The topological polar surface area (TPSA) is 59.2 Å². The monoisotopic (exact) mass is 360 g/mol. The van der Waals surface area contributed by atoms with E-state index in [9.17, 15) is 9.50 Å². The van der Waals surface area contributed by atoms with Gasteiger partial charge in [0.15, 0.2) is 0 Å². The number of aromatic hydroxyl groups is 1. The summed E-state index contributed by atoms with van der Waals surface area (Å²) in [6.07, 6.45) is 1.36. The number of aryl methyl sites for hydroxylation is 2. The van der Waals surface area contributed by atoms with E-state index in [-0.39, 0.29) is 11.6 Å². The van der Waals surface area contributed by atoms with Crippen LogP contribution in [0.2, 0.25) is 0 Å². The maximum Gasteiger partial charge on any atom is 0.247 e. The molecule has 5 heteroatoms. The number of nitrogens with zero attached hydrogens (tertiary/aromatic N) is 2. The largest absolute Gasteiger partial charge is 0.508 e. The van der Waals surface area contributed by atoms with Crippen molar-refractivity contribution >= 4 is 0 Å². The SMILES string of the molecule is Oc1ccc(-c2nnc(CCc3ccc(-c4ccccc4F)cc3)o2)cc1. The standard InChI is InChI=1S/C22H17FN2O2/c23-20-4-2-1-3-19(20)16-8-5-15(6-9-16)7-14-21-24-25-22(27-21)17-10-12-18(26)13-11-17/h1-6,8-13,26H,7,14H2. The van der Waals surface area contributed by atoms with Gasteiger partial charge in [-0.25, -0.2) is 4.39 Å². The zero-order valence-corrected chi connectivity index (χ0v) is 14.5. The lowest BCUT2D eigenvalue weighted by Gasteiger charge is -2.05. The fraction of sp³-hybridized carbons (Fsp3) is 0.0909. The van der Waals surface area contributed by atoms with Crippen LogP contribution in [0.3, 0.4) is 0 Å². The molecule has 0 atom stereocenters. The summed E-state index contributed by atoms with van der Waals surface area (Å²) in [4.78, 5) is 0. The van der Waals surface area contributed by atoms with E-state index in [4.69, 9.17) is 4.42 Å². The number of phenols is 1. The molecular weight excluding hydrogens is 343 g/mol. The van der Waals surface area contributed by atoms with Gasteiger partial charge in [-0.2, -0.15) is 0 Å². The van der Waals surface area contributed by atoms with Crippen LogP contribution in [0.5, 0.6) is 5.75 Å². The van der Waals surface area contributed by atoms with E-state index < -0.39 is 0 Å². The van der Waals surface area contributed by atoms with Gasteiger partial charge in [0.2, 0.25) is 11.8 Å². The maximum absolute atomic E-state index is 13.9. The van der Waals surface area contributed by atoms with Crippen LogP contribution in [0.25, 0.3) is 22.6 Å². The van der Waals surface area contributed by atoms with Gasteiger partial charge in [-0.05, 0) is 47.9 Å². The van der Waals surface area contributed by atoms with Gasteiger partial charge in [0.1, 0.15) is 11.6 Å². The number of aromatic nitrogens is 2. The van der Waals surface area contributed by atoms with Gasteiger partial charge >= 0.3 is 0 Å². The minimum atomic E-state index is -0.224. The predicted molar refractivity (Wildman–Crippen MR) is 101 cm³/mol. The molecule has 1 N–H and O–H groups in total. The Hall–Kier alpha value is -3.47. The highest BCUT2D eigenvalue weighted by atomic mass is 19.1. The van der Waals surface area contributed by atoms with Crippen molar-refractivity contribution in [1.82, 2.24) is 10.2 Å². The smallest absolute Gasteiger partial charge is 0.247 e. The highest BCUT2D eigenvalue weighted by molar-refractivity contribution is 5.64. The molecule has 3 aromatic carbocycles. The first-order chi connectivity index (χ1) is 13.2. The molecule has 0 aliphatic carbocycles. The van der Waals surface area contributed by atoms with E-state index in [1.165, 1.54) is 6.07 Å². The van der Waals surface area contributed by atoms with Crippen LogP contribution in [-0.2, 0) is 12.8 Å². The molecule has 0 spiro atoms. The van der Waals surface area contributed by atoms with Crippen molar-refractivity contribution in [2.45, 2.75) is 12.8 Å². The van der Waals surface area contributed by atoms with Crippen molar-refractivity contribution in [2.75, 3.05) is 0 Å². The third-order valence-electron chi connectivity index (χ3n) is 4.35. The van der Waals surface area contributed by atoms with Crippen LogP contribution in [0, 0.1) is 5.82 Å². The second-order valence-corrected chi connectivity index (χ2v) is 6.22. The highest BCUT2D eigenvalue weighted by Gasteiger charge is 2.09. The summed E-state index contributed by atoms with van der Waals surface area (Å²) in [7, 11) is 0. The molecule has 4 aromatic rings. The molecule has 0 amide bonds. The van der Waals surface area contributed by atoms with E-state index in [0.717, 1.165) is 23.1 Å². The van der Waals surface area contributed by atoms with E-state index in [2.05, 4.69) is 10.2 Å². The zero-order chi connectivity index (χ0) is 18.6. The second-order valence-electron chi connectivity index (χ2n) is 6.22. The molecule has 4 nitrogen and oxygen atoms in total. The average molecular weight is 360 g/mol. The summed E-state index contributed by atoms with van der Waals surface area (Å²) in [6, 6.07) is 21.2. The summed E-state index contributed by atoms with van der Waals surface area (Å²) in [5.74, 6) is 0.950. The lowest BCUT2D eigenvalue weighted by molar-refractivity contribution is 0.475. The molecule has 0 aliphatic heterocycles. The molecule has 0 bridgehead atoms. The van der Waals surface area contributed by atoms with Gasteiger partial charge in [-0.15, -0.1) is 10.2 Å². The summed E-state index contributed by atoms with van der Waals surface area (Å²) in [5.41, 5.74) is 3.32. The quantitative estimate of drug-likeness (QED) is 0.542. The van der Waals surface area contributed by atoms with Crippen molar-refractivity contribution in [3.8, 4) is 28.3 Å². The first-order valence-corrected chi connectivity index (χ1v) is 8.65. The molecule has 4 rings (SSSR count). The molecule has 1 heterocycles. The Morgan fingerprint density at radius 3 is 2.22 bits per heavy atom. The lowest BCUT2D eigenvalue weighted by Crippen LogP contribution is -1.92. The first kappa shape index (κ1) is 17.0. The number of hydrogen-bond acceptors (Lipinski definition) is 4. The molecule has 0 radical (unpaired) electrons. The third-order valence-corrected chi connectivity index (χ3v) is 4.35. The van der Waals surface area contributed by atoms with Gasteiger partial charge in [0.05, 0.1) is 0 Å². The Balaban J connectivity index is 1.42. The Morgan fingerprint density at radius 2 is 1.48 bits per heavy atom. The van der Waals surface area contributed by atoms with E-state index in [1.807, 2.05) is 30.3 Å². The number of benzene rings is 3. The number of phenolic OH excluding ortho intramolecular Hbond substituents is 1. The summed E-state index contributed by atoms with van der Waals surface area (Å²) >= 11 is 0. The summed E-state index contributed by atoms with van der Waals surface area (Å²) in [6.45, 7) is 0. The molecular formula is C22H17FN2O2. The first-order valence-electron chi connectivity index (χ1n) is 8.65. The molecule has 0 unspecified atom stereocenters. The van der Waals surface area contributed by atoms with Crippen LogP contribution in [0.15, 0.2) is 77.2 Å². The molecule has 1 aromatic heterocycles. The van der Waals surface area contributed by atoms with Gasteiger partial charge in [0.25, 0.3) is 0 Å². The predicted octanol–water partition coefficient (Wildman–Crippen LogP) is 5.03. The van der Waals surface area contributed by atoms with Crippen molar-refractivity contribution < 1.29 is 13.9 Å². The number of halogens is 1. The Kier molecular flexibility index (Phi) is 4.66. The molecule has 27 heavy (non-hydrogen) atoms. The summed E-state index contributed by atoms with van der Waals surface area (Å²) < 4.78 is 19.6. The van der Waals surface area contributed by atoms with Crippen LogP contribution in [0.4, 0.5) is 4.39 Å². The Labute approximate surface area is 155 Å². The van der Waals surface area contributed by atoms with Crippen molar-refractivity contribution in [1.29, 1.82) is 0 Å². The Morgan fingerprint density at radius 1 is 0.778 bits per heavy atom. The van der Waals surface area contributed by atoms with E-state index in [1.54, 1.807) is 36.4 Å². The number of hydrogen-bond donors (Lipinski definition) is 1. The molecule has 0 saturated carbocycles. The third kappa shape index (κ3) is 3.87. The summed E-state index contributed by atoms with van der Waals surface area (Å²) in [5, 5.41) is 17.5. The fourth-order valence-corrected chi connectivity index (χ4v) is 2.87. The van der Waals surface area contributed by atoms with Crippen LogP contribution < -0.4 is 0 Å². The minimum Gasteiger partial charge on any atom is -0.508 e.